The summed E-state index contributed by atoms with van der Waals surface area (Å²) in [7, 11) is 1.71. The van der Waals surface area contributed by atoms with Crippen LogP contribution in [-0.2, 0) is 0 Å². The van der Waals surface area contributed by atoms with E-state index >= 15 is 0 Å². The maximum atomic E-state index is 5.58. The van der Waals surface area contributed by atoms with E-state index in [-0.39, 0.29) is 0 Å². The summed E-state index contributed by atoms with van der Waals surface area (Å²) in [6.07, 6.45) is 0. The second kappa shape index (κ2) is 7.47. The third-order valence-corrected chi connectivity index (χ3v) is 5.40. The van der Waals surface area contributed by atoms with Crippen molar-refractivity contribution in [1.82, 2.24) is 10.1 Å². The highest BCUT2D eigenvalue weighted by molar-refractivity contribution is 5.86. The van der Waals surface area contributed by atoms with Crippen LogP contribution >= 0.6 is 0 Å². The van der Waals surface area contributed by atoms with Gasteiger partial charge in [0.2, 0.25) is 5.82 Å². The Hall–Kier alpha value is -3.54. The summed E-state index contributed by atoms with van der Waals surface area (Å²) < 4.78 is 11.1. The lowest BCUT2D eigenvalue weighted by atomic mass is 10.1. The molecule has 6 heteroatoms. The van der Waals surface area contributed by atoms with Gasteiger partial charge in [-0.1, -0.05) is 53.7 Å². The van der Waals surface area contributed by atoms with Gasteiger partial charge in [0.1, 0.15) is 5.75 Å². The molecule has 1 fully saturated rings. The minimum Gasteiger partial charge on any atom is -0.495 e. The van der Waals surface area contributed by atoms with Crippen molar-refractivity contribution in [2.24, 2.45) is 0 Å². The molecule has 5 rings (SSSR count). The van der Waals surface area contributed by atoms with Crippen LogP contribution in [0.2, 0.25) is 0 Å². The molecule has 0 unspecified atom stereocenters. The second-order valence-electron chi connectivity index (χ2n) is 7.11. The first-order valence-corrected chi connectivity index (χ1v) is 9.77. The van der Waals surface area contributed by atoms with E-state index in [1.165, 1.54) is 10.8 Å². The zero-order chi connectivity index (χ0) is 19.6. The van der Waals surface area contributed by atoms with Crippen LogP contribution in [0.3, 0.4) is 0 Å². The molecule has 0 N–H and O–H groups in total. The van der Waals surface area contributed by atoms with Crippen molar-refractivity contribution in [3.05, 3.63) is 66.7 Å². The highest BCUT2D eigenvalue weighted by Gasteiger charge is 2.23. The second-order valence-corrected chi connectivity index (χ2v) is 7.11. The van der Waals surface area contributed by atoms with E-state index in [0.29, 0.717) is 11.8 Å². The number of benzene rings is 3. The number of hydrogen-bond donors (Lipinski definition) is 0. The fourth-order valence-electron chi connectivity index (χ4n) is 3.82. The van der Waals surface area contributed by atoms with Gasteiger partial charge in [0.25, 0.3) is 0 Å². The molecule has 0 amide bonds. The Morgan fingerprint density at radius 2 is 1.55 bits per heavy atom. The number of fused-ring (bicyclic) bond motifs is 1. The Morgan fingerprint density at radius 1 is 0.828 bits per heavy atom. The molecular weight excluding hydrogens is 364 g/mol. The fraction of sp³-hybridized carbons (Fsp3) is 0.217. The number of rotatable bonds is 4. The summed E-state index contributed by atoms with van der Waals surface area (Å²) in [5.74, 6) is 1.52. The number of anilines is 2. The van der Waals surface area contributed by atoms with Crippen molar-refractivity contribution in [1.29, 1.82) is 0 Å². The standard InChI is InChI=1S/C23H22N4O2/c1-28-21-9-5-4-8-20(21)26-12-14-27(15-13-26)23-24-22(25-29-23)19-11-10-17-6-2-3-7-18(17)16-19/h2-11,16H,12-15H2,1H3. The zero-order valence-corrected chi connectivity index (χ0v) is 16.3. The topological polar surface area (TPSA) is 54.6 Å². The SMILES string of the molecule is COc1ccccc1N1CCN(c2nc(-c3ccc4ccccc4c3)no2)CC1. The molecule has 0 aliphatic carbocycles. The Bertz CT molecular complexity index is 1130. The van der Waals surface area contributed by atoms with Crippen LogP contribution < -0.4 is 14.5 Å². The van der Waals surface area contributed by atoms with Crippen molar-refractivity contribution >= 4 is 22.5 Å². The number of methoxy groups -OCH3 is 1. The van der Waals surface area contributed by atoms with Crippen molar-refractivity contribution in [3.8, 4) is 17.1 Å². The summed E-state index contributed by atoms with van der Waals surface area (Å²) in [5.41, 5.74) is 2.09. The van der Waals surface area contributed by atoms with Crippen LogP contribution in [0, 0.1) is 0 Å². The van der Waals surface area contributed by atoms with Crippen molar-refractivity contribution in [3.63, 3.8) is 0 Å². The Kier molecular flexibility index (Phi) is 4.52. The van der Waals surface area contributed by atoms with E-state index in [9.17, 15) is 0 Å². The van der Waals surface area contributed by atoms with Crippen LogP contribution in [0.1, 0.15) is 0 Å². The van der Waals surface area contributed by atoms with Crippen LogP contribution in [-0.4, -0.2) is 43.4 Å². The lowest BCUT2D eigenvalue weighted by molar-refractivity contribution is 0.405. The smallest absolute Gasteiger partial charge is 0.324 e. The van der Waals surface area contributed by atoms with Gasteiger partial charge in [0.05, 0.1) is 12.8 Å². The lowest BCUT2D eigenvalue weighted by Gasteiger charge is -2.35. The molecule has 1 aromatic heterocycles. The molecule has 6 nitrogen and oxygen atoms in total. The average molecular weight is 386 g/mol. The predicted octanol–water partition coefficient (Wildman–Crippen LogP) is 4.23. The summed E-state index contributed by atoms with van der Waals surface area (Å²) >= 11 is 0. The molecule has 0 bridgehead atoms. The highest BCUT2D eigenvalue weighted by atomic mass is 16.5. The van der Waals surface area contributed by atoms with Crippen molar-refractivity contribution < 1.29 is 9.26 Å². The molecule has 0 saturated carbocycles. The third-order valence-electron chi connectivity index (χ3n) is 5.40. The third kappa shape index (κ3) is 3.38. The summed E-state index contributed by atoms with van der Waals surface area (Å²) in [6, 6.07) is 23.2. The van der Waals surface area contributed by atoms with E-state index in [2.05, 4.69) is 50.3 Å². The highest BCUT2D eigenvalue weighted by Crippen LogP contribution is 2.29. The fourth-order valence-corrected chi connectivity index (χ4v) is 3.82. The van der Waals surface area contributed by atoms with Gasteiger partial charge in [0.15, 0.2) is 0 Å². The molecule has 0 atom stereocenters. The predicted molar refractivity (Wildman–Crippen MR) is 115 cm³/mol. The average Bonchev–Trinajstić information content (AvgIpc) is 3.29. The van der Waals surface area contributed by atoms with Crippen LogP contribution in [0.5, 0.6) is 5.75 Å². The maximum absolute atomic E-state index is 5.58. The van der Waals surface area contributed by atoms with Crippen molar-refractivity contribution in [2.45, 2.75) is 0 Å². The van der Waals surface area contributed by atoms with Gasteiger partial charge in [-0.25, -0.2) is 0 Å². The van der Waals surface area contributed by atoms with Crippen LogP contribution in [0.4, 0.5) is 11.7 Å². The van der Waals surface area contributed by atoms with Gasteiger partial charge in [-0.3, -0.25) is 0 Å². The molecule has 1 aliphatic rings. The number of piperazine rings is 1. The Labute approximate surface area is 169 Å². The summed E-state index contributed by atoms with van der Waals surface area (Å²) in [6.45, 7) is 3.37. The van der Waals surface area contributed by atoms with Gasteiger partial charge in [-0.05, 0) is 29.0 Å². The van der Waals surface area contributed by atoms with E-state index < -0.39 is 0 Å². The van der Waals surface area contributed by atoms with E-state index in [0.717, 1.165) is 43.2 Å². The Balaban J connectivity index is 1.31. The van der Waals surface area contributed by atoms with Gasteiger partial charge >= 0.3 is 6.01 Å². The molecule has 3 aromatic carbocycles. The van der Waals surface area contributed by atoms with Crippen LogP contribution in [0.25, 0.3) is 22.2 Å². The van der Waals surface area contributed by atoms with Crippen LogP contribution in [0.15, 0.2) is 71.3 Å². The van der Waals surface area contributed by atoms with Gasteiger partial charge in [-0.15, -0.1) is 0 Å². The minimum absolute atomic E-state index is 0.577. The molecule has 29 heavy (non-hydrogen) atoms. The van der Waals surface area contributed by atoms with E-state index in [1.54, 1.807) is 7.11 Å². The van der Waals surface area contributed by atoms with Gasteiger partial charge < -0.3 is 19.1 Å². The first kappa shape index (κ1) is 17.6. The zero-order valence-electron chi connectivity index (χ0n) is 16.3. The summed E-state index contributed by atoms with van der Waals surface area (Å²) in [4.78, 5) is 9.12. The first-order valence-electron chi connectivity index (χ1n) is 9.77. The molecule has 0 radical (unpaired) electrons. The lowest BCUT2D eigenvalue weighted by Crippen LogP contribution is -2.46. The largest absolute Gasteiger partial charge is 0.495 e. The van der Waals surface area contributed by atoms with Crippen molar-refractivity contribution in [2.75, 3.05) is 43.1 Å². The Morgan fingerprint density at radius 3 is 2.38 bits per heavy atom. The number of nitrogens with zero attached hydrogens (tertiary/aromatic N) is 4. The monoisotopic (exact) mass is 386 g/mol. The first-order chi connectivity index (χ1) is 14.3. The van der Waals surface area contributed by atoms with Gasteiger partial charge in [-0.2, -0.15) is 4.98 Å². The number of aromatic nitrogens is 2. The molecule has 1 saturated heterocycles. The minimum atomic E-state index is 0.577. The number of ether oxygens (including phenoxy) is 1. The molecule has 2 heterocycles. The quantitative estimate of drug-likeness (QED) is 0.523. The molecule has 1 aliphatic heterocycles. The summed E-state index contributed by atoms with van der Waals surface area (Å²) in [5, 5.41) is 6.58. The molecule has 146 valence electrons. The number of hydrogen-bond acceptors (Lipinski definition) is 6. The maximum Gasteiger partial charge on any atom is 0.324 e. The number of para-hydroxylation sites is 2. The molecule has 0 spiro atoms. The molecular formula is C23H22N4O2. The van der Waals surface area contributed by atoms with E-state index in [1.807, 2.05) is 36.4 Å². The normalized spacial score (nSPS) is 14.4. The van der Waals surface area contributed by atoms with E-state index in [4.69, 9.17) is 9.26 Å². The van der Waals surface area contributed by atoms with Gasteiger partial charge in [0, 0.05) is 31.7 Å². The molecule has 4 aromatic rings.